The van der Waals surface area contributed by atoms with Crippen molar-refractivity contribution in [2.45, 2.75) is 12.8 Å². The van der Waals surface area contributed by atoms with Gasteiger partial charge in [0, 0.05) is 17.1 Å². The minimum atomic E-state index is -0.440. The van der Waals surface area contributed by atoms with Crippen LogP contribution in [0.25, 0.3) is 11.4 Å². The van der Waals surface area contributed by atoms with Crippen molar-refractivity contribution in [1.29, 1.82) is 0 Å². The summed E-state index contributed by atoms with van der Waals surface area (Å²) in [5.41, 5.74) is 1.74. The van der Waals surface area contributed by atoms with Crippen molar-refractivity contribution in [3.05, 3.63) is 34.3 Å². The van der Waals surface area contributed by atoms with E-state index in [9.17, 15) is 4.79 Å². The van der Waals surface area contributed by atoms with Gasteiger partial charge in [-0.2, -0.15) is 11.3 Å². The summed E-state index contributed by atoms with van der Waals surface area (Å²) in [7, 11) is 0. The molecule has 2 aromatic heterocycles. The fourth-order valence-electron chi connectivity index (χ4n) is 1.43. The maximum Gasteiger partial charge on any atom is 0.341 e. The van der Waals surface area contributed by atoms with Crippen LogP contribution in [0.4, 0.5) is 0 Å². The maximum atomic E-state index is 11.7. The number of hydrogen-bond donors (Lipinski definition) is 0. The number of hydrogen-bond acceptors (Lipinski definition) is 5. The van der Waals surface area contributed by atoms with Gasteiger partial charge >= 0.3 is 5.97 Å². The number of carbonyl (C=O) groups is 1. The van der Waals surface area contributed by atoms with E-state index in [-0.39, 0.29) is 5.88 Å². The standard InChI is InChI=1S/C12H11ClN2O2S/c1-2-17-12(16)9-6-14-11(15-10(9)5-13)8-3-4-18-7-8/h3-4,6-7H,2,5H2,1H3. The molecule has 0 aliphatic rings. The summed E-state index contributed by atoms with van der Waals surface area (Å²) in [5.74, 6) is 0.276. The van der Waals surface area contributed by atoms with Crippen LogP contribution in [0, 0.1) is 0 Å². The van der Waals surface area contributed by atoms with Crippen molar-refractivity contribution in [1.82, 2.24) is 9.97 Å². The molecule has 0 radical (unpaired) electrons. The van der Waals surface area contributed by atoms with E-state index in [0.29, 0.717) is 23.7 Å². The molecule has 18 heavy (non-hydrogen) atoms. The van der Waals surface area contributed by atoms with Crippen molar-refractivity contribution < 1.29 is 9.53 Å². The monoisotopic (exact) mass is 282 g/mol. The van der Waals surface area contributed by atoms with Gasteiger partial charge in [0.05, 0.1) is 18.2 Å². The number of rotatable bonds is 4. The zero-order chi connectivity index (χ0) is 13.0. The summed E-state index contributed by atoms with van der Waals surface area (Å²) < 4.78 is 4.93. The largest absolute Gasteiger partial charge is 0.462 e. The molecule has 0 saturated heterocycles. The molecule has 2 rings (SSSR count). The van der Waals surface area contributed by atoms with Crippen LogP contribution >= 0.6 is 22.9 Å². The Kier molecular flexibility index (Phi) is 4.28. The van der Waals surface area contributed by atoms with Crippen molar-refractivity contribution in [2.75, 3.05) is 6.61 Å². The van der Waals surface area contributed by atoms with Crippen LogP contribution in [0.5, 0.6) is 0 Å². The van der Waals surface area contributed by atoms with Gasteiger partial charge in [0.15, 0.2) is 5.82 Å². The van der Waals surface area contributed by atoms with Crippen LogP contribution in [-0.2, 0) is 10.6 Å². The zero-order valence-corrected chi connectivity index (χ0v) is 11.3. The lowest BCUT2D eigenvalue weighted by Gasteiger charge is -2.06. The fraction of sp³-hybridized carbons (Fsp3) is 0.250. The van der Waals surface area contributed by atoms with Crippen LogP contribution in [0.1, 0.15) is 23.0 Å². The highest BCUT2D eigenvalue weighted by Gasteiger charge is 2.15. The van der Waals surface area contributed by atoms with Crippen LogP contribution < -0.4 is 0 Å². The van der Waals surface area contributed by atoms with Crippen molar-refractivity contribution in [3.8, 4) is 11.4 Å². The van der Waals surface area contributed by atoms with Gasteiger partial charge in [0.25, 0.3) is 0 Å². The molecule has 0 aliphatic carbocycles. The van der Waals surface area contributed by atoms with E-state index < -0.39 is 5.97 Å². The number of thiophene rings is 1. The Bertz CT molecular complexity index is 543. The maximum absolute atomic E-state index is 11.7. The lowest BCUT2D eigenvalue weighted by Crippen LogP contribution is -2.10. The van der Waals surface area contributed by atoms with Gasteiger partial charge in [-0.1, -0.05) is 0 Å². The van der Waals surface area contributed by atoms with E-state index in [4.69, 9.17) is 16.3 Å². The second-order valence-electron chi connectivity index (χ2n) is 3.42. The lowest BCUT2D eigenvalue weighted by molar-refractivity contribution is 0.0524. The number of halogens is 1. The number of esters is 1. The summed E-state index contributed by atoms with van der Waals surface area (Å²) in [6.07, 6.45) is 1.47. The van der Waals surface area contributed by atoms with E-state index in [1.807, 2.05) is 16.8 Å². The van der Waals surface area contributed by atoms with E-state index >= 15 is 0 Å². The summed E-state index contributed by atoms with van der Waals surface area (Å²) in [6, 6.07) is 1.92. The number of ether oxygens (including phenoxy) is 1. The molecule has 0 N–H and O–H groups in total. The normalized spacial score (nSPS) is 10.3. The van der Waals surface area contributed by atoms with E-state index in [1.165, 1.54) is 6.20 Å². The van der Waals surface area contributed by atoms with Gasteiger partial charge in [0.1, 0.15) is 5.56 Å². The molecule has 94 valence electrons. The molecule has 0 amide bonds. The summed E-state index contributed by atoms with van der Waals surface area (Å²) >= 11 is 7.38. The van der Waals surface area contributed by atoms with Gasteiger partial charge in [-0.3, -0.25) is 0 Å². The van der Waals surface area contributed by atoms with E-state index in [2.05, 4.69) is 9.97 Å². The third-order valence-electron chi connectivity index (χ3n) is 2.27. The highest BCUT2D eigenvalue weighted by atomic mass is 35.5. The van der Waals surface area contributed by atoms with Crippen molar-refractivity contribution >= 4 is 28.9 Å². The molecule has 2 aromatic rings. The second kappa shape index (κ2) is 5.93. The predicted molar refractivity (Wildman–Crippen MR) is 70.9 cm³/mol. The van der Waals surface area contributed by atoms with Crippen molar-refractivity contribution in [3.63, 3.8) is 0 Å². The number of aromatic nitrogens is 2. The van der Waals surface area contributed by atoms with Gasteiger partial charge < -0.3 is 4.74 Å². The number of carbonyl (C=O) groups excluding carboxylic acids is 1. The molecular weight excluding hydrogens is 272 g/mol. The summed E-state index contributed by atoms with van der Waals surface area (Å²) in [6.45, 7) is 2.06. The third-order valence-corrected chi connectivity index (χ3v) is 3.21. The smallest absolute Gasteiger partial charge is 0.341 e. The molecule has 0 aliphatic heterocycles. The Balaban J connectivity index is 2.37. The molecule has 6 heteroatoms. The Labute approximate surface area is 114 Å². The van der Waals surface area contributed by atoms with Crippen LogP contribution in [-0.4, -0.2) is 22.5 Å². The third kappa shape index (κ3) is 2.68. The second-order valence-corrected chi connectivity index (χ2v) is 4.47. The van der Waals surface area contributed by atoms with Gasteiger partial charge in [-0.25, -0.2) is 14.8 Å². The first kappa shape index (κ1) is 13.0. The van der Waals surface area contributed by atoms with Crippen LogP contribution in [0.2, 0.25) is 0 Å². The Hall–Kier alpha value is -1.46. The Morgan fingerprint density at radius 2 is 2.39 bits per heavy atom. The molecule has 0 fully saturated rings. The molecule has 0 spiro atoms. The SMILES string of the molecule is CCOC(=O)c1cnc(-c2ccsc2)nc1CCl. The molecule has 2 heterocycles. The average Bonchev–Trinajstić information content (AvgIpc) is 2.92. The quantitative estimate of drug-likeness (QED) is 0.639. The molecule has 0 saturated carbocycles. The first-order valence-electron chi connectivity index (χ1n) is 5.37. The van der Waals surface area contributed by atoms with E-state index in [0.717, 1.165) is 5.56 Å². The number of nitrogens with zero attached hydrogens (tertiary/aromatic N) is 2. The van der Waals surface area contributed by atoms with Gasteiger partial charge in [0.2, 0.25) is 0 Å². The van der Waals surface area contributed by atoms with Gasteiger partial charge in [-0.15, -0.1) is 11.6 Å². The minimum Gasteiger partial charge on any atom is -0.462 e. The molecule has 4 nitrogen and oxygen atoms in total. The first-order valence-corrected chi connectivity index (χ1v) is 6.85. The summed E-state index contributed by atoms with van der Waals surface area (Å²) in [5, 5.41) is 3.88. The lowest BCUT2D eigenvalue weighted by atomic mass is 10.2. The highest BCUT2D eigenvalue weighted by Crippen LogP contribution is 2.20. The molecular formula is C12H11ClN2O2S. The molecule has 0 atom stereocenters. The van der Waals surface area contributed by atoms with Crippen molar-refractivity contribution in [2.24, 2.45) is 0 Å². The average molecular weight is 283 g/mol. The topological polar surface area (TPSA) is 52.1 Å². The fourth-order valence-corrected chi connectivity index (χ4v) is 2.27. The Morgan fingerprint density at radius 3 is 3.00 bits per heavy atom. The molecule has 0 bridgehead atoms. The zero-order valence-electron chi connectivity index (χ0n) is 9.72. The minimum absolute atomic E-state index is 0.147. The molecule has 0 unspecified atom stereocenters. The predicted octanol–water partition coefficient (Wildman–Crippen LogP) is 3.12. The van der Waals surface area contributed by atoms with Crippen LogP contribution in [0.3, 0.4) is 0 Å². The van der Waals surface area contributed by atoms with E-state index in [1.54, 1.807) is 18.3 Å². The first-order chi connectivity index (χ1) is 8.76. The molecule has 0 aromatic carbocycles. The number of alkyl halides is 1. The summed E-state index contributed by atoms with van der Waals surface area (Å²) in [4.78, 5) is 20.1. The van der Waals surface area contributed by atoms with Gasteiger partial charge in [-0.05, 0) is 18.4 Å². The Morgan fingerprint density at radius 1 is 1.56 bits per heavy atom. The highest BCUT2D eigenvalue weighted by molar-refractivity contribution is 7.08. The van der Waals surface area contributed by atoms with Crippen LogP contribution in [0.15, 0.2) is 23.0 Å².